The average Bonchev–Trinajstić information content (AvgIpc) is 3.25. The van der Waals surface area contributed by atoms with Gasteiger partial charge in [-0.3, -0.25) is 19.7 Å². The number of imide groups is 1. The maximum absolute atomic E-state index is 12.9. The molecule has 5 rings (SSSR count). The Kier molecular flexibility index (Phi) is 5.62. The van der Waals surface area contributed by atoms with Gasteiger partial charge in [0.15, 0.2) is 5.78 Å². The van der Waals surface area contributed by atoms with Crippen molar-refractivity contribution in [1.82, 2.24) is 14.8 Å². The normalized spacial score (nSPS) is 13.2. The van der Waals surface area contributed by atoms with Gasteiger partial charge in [-0.2, -0.15) is 0 Å². The molecule has 3 aromatic carbocycles. The Balaban J connectivity index is 1.77. The van der Waals surface area contributed by atoms with Crippen LogP contribution in [-0.2, 0) is 7.05 Å². The Morgan fingerprint density at radius 2 is 1.74 bits per heavy atom. The van der Waals surface area contributed by atoms with Crippen LogP contribution in [-0.4, -0.2) is 52.8 Å². The fraction of sp³-hybridized carbons (Fsp3) is 0.222. The van der Waals surface area contributed by atoms with Crippen LogP contribution in [0.1, 0.15) is 43.9 Å². The maximum atomic E-state index is 12.9. The molecule has 1 aromatic heterocycles. The summed E-state index contributed by atoms with van der Waals surface area (Å²) in [6.45, 7) is 0.767. The zero-order chi connectivity index (χ0) is 25.0. The number of nitrogens with zero attached hydrogens (tertiary/aromatic N) is 2. The maximum Gasteiger partial charge on any atom is 0.259 e. The van der Waals surface area contributed by atoms with Crippen LogP contribution in [0.5, 0.6) is 5.75 Å². The number of ketones is 1. The van der Waals surface area contributed by atoms with Gasteiger partial charge in [0.1, 0.15) is 5.75 Å². The predicted molar refractivity (Wildman–Crippen MR) is 136 cm³/mol. The number of aromatic nitrogens is 1. The molecule has 2 heterocycles. The zero-order valence-electron chi connectivity index (χ0n) is 19.6. The summed E-state index contributed by atoms with van der Waals surface area (Å²) in [5.41, 5.74) is 3.31. The molecule has 8 heteroatoms. The number of benzene rings is 3. The van der Waals surface area contributed by atoms with Crippen molar-refractivity contribution in [2.75, 3.05) is 20.6 Å². The van der Waals surface area contributed by atoms with Crippen molar-refractivity contribution in [1.29, 1.82) is 0 Å². The van der Waals surface area contributed by atoms with Crippen molar-refractivity contribution >= 4 is 51.0 Å². The Hall–Kier alpha value is -3.68. The standard InChI is InChI=1S/C27H24ClN3O4/c1-30(2)10-6-9-21(32)17-12-19-16(13-22(17)33)23-20(31(19)3)11-15(14-7-4-5-8-18(14)28)24-25(23)27(35)29-26(24)34/h4-5,7-8,11-13,33H,6,9-10H2,1-3H3,(H,29,34,35). The highest BCUT2D eigenvalue weighted by Crippen LogP contribution is 2.43. The van der Waals surface area contributed by atoms with Crippen molar-refractivity contribution in [3.63, 3.8) is 0 Å². The largest absolute Gasteiger partial charge is 0.507 e. The molecule has 7 nitrogen and oxygen atoms in total. The van der Waals surface area contributed by atoms with E-state index in [0.29, 0.717) is 50.8 Å². The van der Waals surface area contributed by atoms with E-state index in [4.69, 9.17) is 11.6 Å². The van der Waals surface area contributed by atoms with Gasteiger partial charge in [-0.1, -0.05) is 29.8 Å². The Morgan fingerprint density at radius 1 is 1.03 bits per heavy atom. The number of rotatable bonds is 6. The number of fused-ring (bicyclic) bond motifs is 5. The highest BCUT2D eigenvalue weighted by atomic mass is 35.5. The van der Waals surface area contributed by atoms with Crippen molar-refractivity contribution in [2.45, 2.75) is 12.8 Å². The van der Waals surface area contributed by atoms with E-state index < -0.39 is 11.8 Å². The Bertz CT molecular complexity index is 1570. The van der Waals surface area contributed by atoms with Gasteiger partial charge in [0.2, 0.25) is 0 Å². The van der Waals surface area contributed by atoms with Crippen LogP contribution in [0.25, 0.3) is 32.9 Å². The summed E-state index contributed by atoms with van der Waals surface area (Å²) >= 11 is 6.45. The quantitative estimate of drug-likeness (QED) is 0.301. The first-order valence-electron chi connectivity index (χ1n) is 11.3. The second-order valence-corrected chi connectivity index (χ2v) is 9.51. The molecular weight excluding hydrogens is 466 g/mol. The van der Waals surface area contributed by atoms with Crippen molar-refractivity contribution in [2.24, 2.45) is 7.05 Å². The smallest absolute Gasteiger partial charge is 0.259 e. The molecule has 178 valence electrons. The SMILES string of the molecule is CN(C)CCCC(=O)c1cc2c(cc1O)c1c3c(c(-c4ccccc4Cl)cc1n2C)C(=O)NC3=O. The van der Waals surface area contributed by atoms with Gasteiger partial charge in [-0.05, 0) is 56.9 Å². The first-order chi connectivity index (χ1) is 16.7. The number of hydrogen-bond acceptors (Lipinski definition) is 5. The highest BCUT2D eigenvalue weighted by molar-refractivity contribution is 6.36. The number of aryl methyl sites for hydroxylation is 1. The number of amides is 2. The summed E-state index contributed by atoms with van der Waals surface area (Å²) in [5, 5.41) is 14.8. The molecule has 0 fully saturated rings. The van der Waals surface area contributed by atoms with Gasteiger partial charge in [-0.15, -0.1) is 0 Å². The van der Waals surface area contributed by atoms with Crippen molar-refractivity contribution in [3.05, 3.63) is 64.2 Å². The van der Waals surface area contributed by atoms with Crippen LogP contribution >= 0.6 is 11.6 Å². The van der Waals surface area contributed by atoms with E-state index in [2.05, 4.69) is 5.32 Å². The van der Waals surface area contributed by atoms with Gasteiger partial charge in [0.05, 0.1) is 22.2 Å². The van der Waals surface area contributed by atoms with E-state index in [-0.39, 0.29) is 28.2 Å². The summed E-state index contributed by atoms with van der Waals surface area (Å²) < 4.78 is 1.87. The molecule has 1 aliphatic rings. The topological polar surface area (TPSA) is 91.6 Å². The number of nitrogens with one attached hydrogen (secondary N) is 1. The number of carbonyl (C=O) groups excluding carboxylic acids is 3. The number of halogens is 1. The van der Waals surface area contributed by atoms with Crippen LogP contribution in [0.2, 0.25) is 5.02 Å². The second kappa shape index (κ2) is 8.52. The molecular formula is C27H24ClN3O4. The summed E-state index contributed by atoms with van der Waals surface area (Å²) in [6.07, 6.45) is 0.986. The molecule has 0 saturated heterocycles. The number of Topliss-reactive ketones (excluding diaryl/α,β-unsaturated/α-hetero) is 1. The first kappa shape index (κ1) is 23.1. The summed E-state index contributed by atoms with van der Waals surface area (Å²) in [6, 6.07) is 12.2. The van der Waals surface area contributed by atoms with E-state index >= 15 is 0 Å². The average molecular weight is 490 g/mol. The molecule has 0 unspecified atom stereocenters. The monoisotopic (exact) mass is 489 g/mol. The van der Waals surface area contributed by atoms with Gasteiger partial charge < -0.3 is 14.6 Å². The van der Waals surface area contributed by atoms with Crippen LogP contribution in [0.15, 0.2) is 42.5 Å². The third-order valence-corrected chi connectivity index (χ3v) is 6.90. The van der Waals surface area contributed by atoms with E-state index in [1.807, 2.05) is 42.7 Å². The van der Waals surface area contributed by atoms with Crippen LogP contribution in [0.3, 0.4) is 0 Å². The minimum absolute atomic E-state index is 0.145. The van der Waals surface area contributed by atoms with Gasteiger partial charge in [0, 0.05) is 40.3 Å². The van der Waals surface area contributed by atoms with Crippen molar-refractivity contribution < 1.29 is 19.5 Å². The first-order valence-corrected chi connectivity index (χ1v) is 11.7. The lowest BCUT2D eigenvalue weighted by molar-refractivity contribution is 0.0879. The van der Waals surface area contributed by atoms with Gasteiger partial charge in [0.25, 0.3) is 11.8 Å². The minimum atomic E-state index is -0.500. The molecule has 2 N–H and O–H groups in total. The van der Waals surface area contributed by atoms with Crippen LogP contribution in [0, 0.1) is 0 Å². The Labute approximate surface area is 206 Å². The van der Waals surface area contributed by atoms with E-state index in [1.165, 1.54) is 6.07 Å². The lowest BCUT2D eigenvalue weighted by atomic mass is 9.92. The summed E-state index contributed by atoms with van der Waals surface area (Å²) in [5.74, 6) is -1.28. The minimum Gasteiger partial charge on any atom is -0.507 e. The number of aromatic hydroxyl groups is 1. The molecule has 0 aliphatic carbocycles. The molecule has 4 aromatic rings. The number of hydrogen-bond donors (Lipinski definition) is 2. The molecule has 1 aliphatic heterocycles. The third-order valence-electron chi connectivity index (χ3n) is 6.57. The van der Waals surface area contributed by atoms with E-state index in [1.54, 1.807) is 24.3 Å². The summed E-state index contributed by atoms with van der Waals surface area (Å²) in [7, 11) is 5.72. The number of phenols is 1. The van der Waals surface area contributed by atoms with E-state index in [9.17, 15) is 19.5 Å². The molecule has 0 spiro atoms. The molecule has 0 bridgehead atoms. The van der Waals surface area contributed by atoms with E-state index in [0.717, 1.165) is 6.54 Å². The molecule has 35 heavy (non-hydrogen) atoms. The zero-order valence-corrected chi connectivity index (χ0v) is 20.4. The van der Waals surface area contributed by atoms with Gasteiger partial charge in [-0.25, -0.2) is 0 Å². The van der Waals surface area contributed by atoms with Gasteiger partial charge >= 0.3 is 0 Å². The number of phenolic OH excluding ortho intramolecular Hbond substituents is 1. The predicted octanol–water partition coefficient (Wildman–Crippen LogP) is 4.77. The third kappa shape index (κ3) is 3.68. The summed E-state index contributed by atoms with van der Waals surface area (Å²) in [4.78, 5) is 40.7. The fourth-order valence-corrected chi connectivity index (χ4v) is 5.12. The van der Waals surface area contributed by atoms with Crippen LogP contribution < -0.4 is 5.32 Å². The molecule has 2 amide bonds. The molecule has 0 radical (unpaired) electrons. The fourth-order valence-electron chi connectivity index (χ4n) is 4.89. The molecule has 0 saturated carbocycles. The Morgan fingerprint density at radius 3 is 2.46 bits per heavy atom. The number of carbonyl (C=O) groups is 3. The van der Waals surface area contributed by atoms with Crippen LogP contribution in [0.4, 0.5) is 0 Å². The lowest BCUT2D eigenvalue weighted by Gasteiger charge is -2.10. The highest BCUT2D eigenvalue weighted by Gasteiger charge is 2.35. The lowest BCUT2D eigenvalue weighted by Crippen LogP contribution is -2.20. The molecule has 0 atom stereocenters. The second-order valence-electron chi connectivity index (χ2n) is 9.11. The van der Waals surface area contributed by atoms with Crippen molar-refractivity contribution in [3.8, 4) is 16.9 Å².